The number of aromatic nitrogens is 1. The molecule has 1 heterocycles. The lowest BCUT2D eigenvalue weighted by Gasteiger charge is -2.10. The van der Waals surface area contributed by atoms with Crippen molar-refractivity contribution in [2.75, 3.05) is 6.61 Å². The van der Waals surface area contributed by atoms with Gasteiger partial charge >= 0.3 is 0 Å². The number of nitrogens with one attached hydrogen (secondary N) is 1. The fourth-order valence-corrected chi connectivity index (χ4v) is 1.71. The highest BCUT2D eigenvalue weighted by atomic mass is 16.5. The Morgan fingerprint density at radius 2 is 1.95 bits per heavy atom. The van der Waals surface area contributed by atoms with Gasteiger partial charge in [0.25, 0.3) is 5.91 Å². The quantitative estimate of drug-likeness (QED) is 0.893. The molecule has 0 radical (unpaired) electrons. The largest absolute Gasteiger partial charge is 0.493 e. The van der Waals surface area contributed by atoms with Gasteiger partial charge in [-0.25, -0.2) is 0 Å². The fourth-order valence-electron chi connectivity index (χ4n) is 1.71. The van der Waals surface area contributed by atoms with Crippen LogP contribution < -0.4 is 10.1 Å². The summed E-state index contributed by atoms with van der Waals surface area (Å²) in [5, 5.41) is 2.87. The second-order valence-corrected chi connectivity index (χ2v) is 3.97. The highest BCUT2D eigenvalue weighted by Crippen LogP contribution is 2.17. The van der Waals surface area contributed by atoms with Crippen LogP contribution in [-0.4, -0.2) is 17.5 Å². The highest BCUT2D eigenvalue weighted by Gasteiger charge is 2.11. The average Bonchev–Trinajstić information content (AvgIpc) is 2.47. The molecular weight excluding hydrogens is 240 g/mol. The van der Waals surface area contributed by atoms with Gasteiger partial charge in [0.2, 0.25) is 0 Å². The number of benzene rings is 1. The minimum absolute atomic E-state index is 0.138. The van der Waals surface area contributed by atoms with E-state index in [1.807, 2.05) is 31.2 Å². The Bertz CT molecular complexity index is 541. The van der Waals surface area contributed by atoms with E-state index >= 15 is 0 Å². The Hall–Kier alpha value is -2.36. The summed E-state index contributed by atoms with van der Waals surface area (Å²) in [7, 11) is 0. The maximum atomic E-state index is 12.1. The van der Waals surface area contributed by atoms with Crippen LogP contribution in [-0.2, 0) is 6.54 Å². The first kappa shape index (κ1) is 13.1. The number of hydrogen-bond acceptors (Lipinski definition) is 3. The molecule has 1 aromatic carbocycles. The van der Waals surface area contributed by atoms with Gasteiger partial charge in [-0.2, -0.15) is 0 Å². The van der Waals surface area contributed by atoms with Gasteiger partial charge in [-0.15, -0.1) is 0 Å². The van der Waals surface area contributed by atoms with Crippen LogP contribution in [0, 0.1) is 0 Å². The molecule has 0 atom stereocenters. The molecule has 1 amide bonds. The summed E-state index contributed by atoms with van der Waals surface area (Å²) in [6.07, 6.45) is 3.41. The summed E-state index contributed by atoms with van der Waals surface area (Å²) in [5.41, 5.74) is 1.57. The normalized spacial score (nSPS) is 9.95. The molecule has 0 bridgehead atoms. The fraction of sp³-hybridized carbons (Fsp3) is 0.200. The van der Waals surface area contributed by atoms with E-state index in [-0.39, 0.29) is 5.91 Å². The van der Waals surface area contributed by atoms with Gasteiger partial charge < -0.3 is 10.1 Å². The number of amides is 1. The van der Waals surface area contributed by atoms with Crippen molar-refractivity contribution in [2.24, 2.45) is 0 Å². The number of carbonyl (C=O) groups is 1. The first-order valence-corrected chi connectivity index (χ1v) is 6.20. The van der Waals surface area contributed by atoms with Gasteiger partial charge in [0.15, 0.2) is 0 Å². The van der Waals surface area contributed by atoms with Crippen molar-refractivity contribution in [3.05, 3.63) is 59.9 Å². The Morgan fingerprint density at radius 1 is 1.21 bits per heavy atom. The first-order chi connectivity index (χ1) is 9.31. The monoisotopic (exact) mass is 256 g/mol. The summed E-state index contributed by atoms with van der Waals surface area (Å²) >= 11 is 0. The maximum Gasteiger partial charge on any atom is 0.255 e. The molecule has 98 valence electrons. The SMILES string of the molecule is CCOc1ccccc1C(=O)NCc1ccncc1. The van der Waals surface area contributed by atoms with E-state index in [1.165, 1.54) is 0 Å². The van der Waals surface area contributed by atoms with Crippen LogP contribution in [0.1, 0.15) is 22.8 Å². The van der Waals surface area contributed by atoms with Crippen LogP contribution in [0.15, 0.2) is 48.8 Å². The van der Waals surface area contributed by atoms with Gasteiger partial charge in [0, 0.05) is 18.9 Å². The summed E-state index contributed by atoms with van der Waals surface area (Å²) in [5.74, 6) is 0.470. The molecule has 2 aromatic rings. The van der Waals surface area contributed by atoms with Gasteiger partial charge in [-0.3, -0.25) is 9.78 Å². The number of carbonyl (C=O) groups excluding carboxylic acids is 1. The number of rotatable bonds is 5. The number of hydrogen-bond donors (Lipinski definition) is 1. The molecule has 1 N–H and O–H groups in total. The third-order valence-electron chi connectivity index (χ3n) is 2.63. The molecule has 2 rings (SSSR count). The molecule has 19 heavy (non-hydrogen) atoms. The van der Waals surface area contributed by atoms with E-state index in [0.717, 1.165) is 5.56 Å². The zero-order valence-corrected chi connectivity index (χ0v) is 10.8. The molecule has 1 aromatic heterocycles. The number of pyridine rings is 1. The highest BCUT2D eigenvalue weighted by molar-refractivity contribution is 5.96. The smallest absolute Gasteiger partial charge is 0.255 e. The summed E-state index contributed by atoms with van der Waals surface area (Å²) in [6, 6.07) is 11.0. The molecule has 0 saturated carbocycles. The lowest BCUT2D eigenvalue weighted by atomic mass is 10.2. The number of nitrogens with zero attached hydrogens (tertiary/aromatic N) is 1. The molecular formula is C15H16N2O2. The molecule has 0 spiro atoms. The lowest BCUT2D eigenvalue weighted by molar-refractivity contribution is 0.0947. The minimum Gasteiger partial charge on any atom is -0.493 e. The maximum absolute atomic E-state index is 12.1. The second-order valence-electron chi connectivity index (χ2n) is 3.97. The van der Waals surface area contributed by atoms with E-state index in [4.69, 9.17) is 4.74 Å². The van der Waals surface area contributed by atoms with Crippen molar-refractivity contribution >= 4 is 5.91 Å². The molecule has 0 aliphatic carbocycles. The summed E-state index contributed by atoms with van der Waals surface area (Å²) < 4.78 is 5.44. The zero-order chi connectivity index (χ0) is 13.5. The summed E-state index contributed by atoms with van der Waals surface area (Å²) in [6.45, 7) is 2.90. The Balaban J connectivity index is 2.04. The van der Waals surface area contributed by atoms with Crippen LogP contribution in [0.4, 0.5) is 0 Å². The van der Waals surface area contributed by atoms with Gasteiger partial charge in [0.1, 0.15) is 5.75 Å². The Labute approximate surface area is 112 Å². The van der Waals surface area contributed by atoms with Gasteiger partial charge in [-0.05, 0) is 36.8 Å². The third-order valence-corrected chi connectivity index (χ3v) is 2.63. The molecule has 0 fully saturated rings. The number of para-hydroxylation sites is 1. The number of ether oxygens (including phenoxy) is 1. The van der Waals surface area contributed by atoms with Crippen LogP contribution in [0.2, 0.25) is 0 Å². The standard InChI is InChI=1S/C15H16N2O2/c1-2-19-14-6-4-3-5-13(14)15(18)17-11-12-7-9-16-10-8-12/h3-10H,2,11H2,1H3,(H,17,18). The zero-order valence-electron chi connectivity index (χ0n) is 10.8. The van der Waals surface area contributed by atoms with Crippen LogP contribution in [0.5, 0.6) is 5.75 Å². The topological polar surface area (TPSA) is 51.2 Å². The van der Waals surface area contributed by atoms with E-state index in [0.29, 0.717) is 24.5 Å². The molecule has 0 aliphatic rings. The van der Waals surface area contributed by atoms with Crippen molar-refractivity contribution in [1.29, 1.82) is 0 Å². The van der Waals surface area contributed by atoms with E-state index < -0.39 is 0 Å². The van der Waals surface area contributed by atoms with Crippen molar-refractivity contribution < 1.29 is 9.53 Å². The van der Waals surface area contributed by atoms with Crippen molar-refractivity contribution in [2.45, 2.75) is 13.5 Å². The first-order valence-electron chi connectivity index (χ1n) is 6.20. The Morgan fingerprint density at radius 3 is 2.68 bits per heavy atom. The third kappa shape index (κ3) is 3.55. The predicted octanol–water partition coefficient (Wildman–Crippen LogP) is 2.41. The van der Waals surface area contributed by atoms with Gasteiger partial charge in [0.05, 0.1) is 12.2 Å². The van der Waals surface area contributed by atoms with E-state index in [9.17, 15) is 4.79 Å². The average molecular weight is 256 g/mol. The Kier molecular flexibility index (Phi) is 4.50. The van der Waals surface area contributed by atoms with Crippen LogP contribution >= 0.6 is 0 Å². The van der Waals surface area contributed by atoms with E-state index in [2.05, 4.69) is 10.3 Å². The molecule has 0 unspecified atom stereocenters. The molecule has 0 aliphatic heterocycles. The minimum atomic E-state index is -0.138. The second kappa shape index (κ2) is 6.54. The van der Waals surface area contributed by atoms with Crippen molar-refractivity contribution in [3.63, 3.8) is 0 Å². The van der Waals surface area contributed by atoms with Gasteiger partial charge in [-0.1, -0.05) is 12.1 Å². The lowest BCUT2D eigenvalue weighted by Crippen LogP contribution is -2.23. The van der Waals surface area contributed by atoms with Crippen molar-refractivity contribution in [3.8, 4) is 5.75 Å². The van der Waals surface area contributed by atoms with E-state index in [1.54, 1.807) is 24.5 Å². The molecule has 4 nitrogen and oxygen atoms in total. The molecule has 0 saturated heterocycles. The van der Waals surface area contributed by atoms with Crippen LogP contribution in [0.3, 0.4) is 0 Å². The summed E-state index contributed by atoms with van der Waals surface area (Å²) in [4.78, 5) is 16.0. The van der Waals surface area contributed by atoms with Crippen LogP contribution in [0.25, 0.3) is 0 Å². The molecule has 4 heteroatoms. The van der Waals surface area contributed by atoms with Crippen molar-refractivity contribution in [1.82, 2.24) is 10.3 Å². The predicted molar refractivity (Wildman–Crippen MR) is 73.0 cm³/mol.